The van der Waals surface area contributed by atoms with Gasteiger partial charge in [-0.15, -0.1) is 0 Å². The topological polar surface area (TPSA) is 63.0 Å². The molecule has 1 aromatic carbocycles. The minimum atomic E-state index is -0.254. The maximum absolute atomic E-state index is 14.2. The molecule has 32 heavy (non-hydrogen) atoms. The van der Waals surface area contributed by atoms with Crippen molar-refractivity contribution in [1.82, 2.24) is 29.6 Å². The van der Waals surface area contributed by atoms with Crippen molar-refractivity contribution in [3.63, 3.8) is 0 Å². The van der Waals surface area contributed by atoms with Gasteiger partial charge in [0.25, 0.3) is 0 Å². The summed E-state index contributed by atoms with van der Waals surface area (Å²) in [7, 11) is 2.19. The normalized spacial score (nSPS) is 20.9. The number of benzene rings is 1. The Morgan fingerprint density at radius 3 is 2.72 bits per heavy atom. The van der Waals surface area contributed by atoms with Crippen LogP contribution < -0.4 is 4.90 Å². The molecular weight excluding hydrogens is 405 g/mol. The van der Waals surface area contributed by atoms with Gasteiger partial charge in [0, 0.05) is 37.4 Å². The zero-order valence-electron chi connectivity index (χ0n) is 17.9. The molecule has 0 bridgehead atoms. The molecule has 0 amide bonds. The molecule has 2 aliphatic heterocycles. The van der Waals surface area contributed by atoms with Gasteiger partial charge in [0.15, 0.2) is 11.5 Å². The van der Waals surface area contributed by atoms with Gasteiger partial charge in [-0.3, -0.25) is 0 Å². The highest BCUT2D eigenvalue weighted by Gasteiger charge is 2.40. The lowest BCUT2D eigenvalue weighted by Crippen LogP contribution is -2.34. The fourth-order valence-electron chi connectivity index (χ4n) is 5.16. The van der Waals surface area contributed by atoms with Gasteiger partial charge < -0.3 is 9.80 Å². The van der Waals surface area contributed by atoms with E-state index in [4.69, 9.17) is 5.10 Å². The number of nitrogens with zero attached hydrogens (tertiary/aromatic N) is 7. The number of likely N-dealkylation sites (N-methyl/N-ethyl adjacent to an activating group) is 1. The summed E-state index contributed by atoms with van der Waals surface area (Å²) in [6.07, 6.45) is 6.74. The van der Waals surface area contributed by atoms with Crippen molar-refractivity contribution in [2.45, 2.75) is 19.0 Å². The highest BCUT2D eigenvalue weighted by molar-refractivity contribution is 5.89. The Labute approximate surface area is 185 Å². The van der Waals surface area contributed by atoms with E-state index in [1.165, 1.54) is 19.0 Å². The van der Waals surface area contributed by atoms with E-state index in [0.29, 0.717) is 35.3 Å². The molecule has 2 aliphatic rings. The molecule has 162 valence electrons. The molecule has 2 atom stereocenters. The van der Waals surface area contributed by atoms with Crippen molar-refractivity contribution in [3.8, 4) is 11.5 Å². The van der Waals surface area contributed by atoms with E-state index in [2.05, 4.69) is 31.8 Å². The molecule has 2 unspecified atom stereocenters. The smallest absolute Gasteiger partial charge is 0.180 e. The fourth-order valence-corrected chi connectivity index (χ4v) is 5.16. The average Bonchev–Trinajstić information content (AvgIpc) is 3.48. The summed E-state index contributed by atoms with van der Waals surface area (Å²) in [4.78, 5) is 18.7. The lowest BCUT2D eigenvalue weighted by atomic mass is 10.1. The highest BCUT2D eigenvalue weighted by Crippen LogP contribution is 2.34. The second kappa shape index (κ2) is 7.63. The molecule has 0 aliphatic carbocycles. The minimum absolute atomic E-state index is 0.254. The summed E-state index contributed by atoms with van der Waals surface area (Å²) in [5, 5.41) is 5.59. The van der Waals surface area contributed by atoms with Gasteiger partial charge in [0.1, 0.15) is 11.5 Å². The third kappa shape index (κ3) is 3.22. The number of pyridine rings is 1. The number of anilines is 1. The average molecular weight is 430 g/mol. The minimum Gasteiger partial charge on any atom is -0.364 e. The summed E-state index contributed by atoms with van der Waals surface area (Å²) in [6, 6.07) is 11.1. The maximum atomic E-state index is 14.2. The zero-order valence-corrected chi connectivity index (χ0v) is 17.9. The van der Waals surface area contributed by atoms with Gasteiger partial charge in [-0.05, 0) is 37.6 Å². The quantitative estimate of drug-likeness (QED) is 0.496. The fraction of sp³-hybridized carbons (Fsp3) is 0.333. The standard InChI is InChI=1S/C24H24FN7/c1-30-13-17-8-10-31(21(17)15-30)18-11-27-23(28-12-18)22-19-6-4-9-26-24(19)32(29-22)14-16-5-2-3-7-20(16)25/h2-7,9,11-12,17,21H,8,10,13-15H2,1H3. The van der Waals surface area contributed by atoms with Crippen LogP contribution in [0.25, 0.3) is 22.6 Å². The van der Waals surface area contributed by atoms with E-state index in [1.54, 1.807) is 23.0 Å². The first kappa shape index (κ1) is 19.3. The van der Waals surface area contributed by atoms with Crippen LogP contribution in [0.15, 0.2) is 55.0 Å². The number of halogens is 1. The molecule has 7 nitrogen and oxygen atoms in total. The van der Waals surface area contributed by atoms with E-state index in [9.17, 15) is 4.39 Å². The summed E-state index contributed by atoms with van der Waals surface area (Å²) in [5.74, 6) is 1.03. The van der Waals surface area contributed by atoms with Crippen molar-refractivity contribution in [2.75, 3.05) is 31.6 Å². The Balaban J connectivity index is 1.33. The molecule has 0 N–H and O–H groups in total. The van der Waals surface area contributed by atoms with Crippen LogP contribution in [-0.4, -0.2) is 62.4 Å². The van der Waals surface area contributed by atoms with Crippen LogP contribution in [0.5, 0.6) is 0 Å². The van der Waals surface area contributed by atoms with Crippen LogP contribution in [0.2, 0.25) is 0 Å². The first-order valence-electron chi connectivity index (χ1n) is 11.0. The molecule has 5 heterocycles. The van der Waals surface area contributed by atoms with E-state index >= 15 is 0 Å². The number of rotatable bonds is 4. The zero-order chi connectivity index (χ0) is 21.7. The molecule has 2 saturated heterocycles. The number of aromatic nitrogens is 5. The van der Waals surface area contributed by atoms with Crippen LogP contribution in [0.1, 0.15) is 12.0 Å². The van der Waals surface area contributed by atoms with E-state index in [-0.39, 0.29) is 5.82 Å². The molecular formula is C24H24FN7. The molecule has 2 fully saturated rings. The second-order valence-electron chi connectivity index (χ2n) is 8.77. The van der Waals surface area contributed by atoms with Crippen LogP contribution in [0, 0.1) is 11.7 Å². The lowest BCUT2D eigenvalue weighted by Gasteiger charge is -2.25. The summed E-state index contributed by atoms with van der Waals surface area (Å²) in [6.45, 7) is 3.60. The van der Waals surface area contributed by atoms with Gasteiger partial charge in [0.2, 0.25) is 0 Å². The Kier molecular flexibility index (Phi) is 4.61. The number of likely N-dealkylation sites (tertiary alicyclic amines) is 1. The number of fused-ring (bicyclic) bond motifs is 2. The van der Waals surface area contributed by atoms with E-state index < -0.39 is 0 Å². The summed E-state index contributed by atoms with van der Waals surface area (Å²) >= 11 is 0. The molecule has 6 rings (SSSR count). The van der Waals surface area contributed by atoms with Crippen molar-refractivity contribution in [1.29, 1.82) is 0 Å². The molecule has 0 spiro atoms. The van der Waals surface area contributed by atoms with Crippen molar-refractivity contribution >= 4 is 16.7 Å². The van der Waals surface area contributed by atoms with Crippen molar-refractivity contribution in [2.24, 2.45) is 5.92 Å². The van der Waals surface area contributed by atoms with E-state index in [0.717, 1.165) is 30.1 Å². The van der Waals surface area contributed by atoms with Crippen LogP contribution >= 0.6 is 0 Å². The predicted molar refractivity (Wildman–Crippen MR) is 121 cm³/mol. The lowest BCUT2D eigenvalue weighted by molar-refractivity contribution is 0.386. The maximum Gasteiger partial charge on any atom is 0.180 e. The Hall–Kier alpha value is -3.39. The van der Waals surface area contributed by atoms with Gasteiger partial charge in [-0.25, -0.2) is 24.0 Å². The highest BCUT2D eigenvalue weighted by atomic mass is 19.1. The van der Waals surface area contributed by atoms with Crippen LogP contribution in [0.3, 0.4) is 0 Å². The van der Waals surface area contributed by atoms with Crippen molar-refractivity contribution < 1.29 is 4.39 Å². The number of hydrogen-bond donors (Lipinski definition) is 0. The third-order valence-corrected chi connectivity index (χ3v) is 6.70. The predicted octanol–water partition coefficient (Wildman–Crippen LogP) is 3.22. The van der Waals surface area contributed by atoms with E-state index in [1.807, 2.05) is 30.6 Å². The summed E-state index contributed by atoms with van der Waals surface area (Å²) < 4.78 is 15.9. The summed E-state index contributed by atoms with van der Waals surface area (Å²) in [5.41, 5.74) is 2.98. The molecule has 0 saturated carbocycles. The van der Waals surface area contributed by atoms with Gasteiger partial charge >= 0.3 is 0 Å². The van der Waals surface area contributed by atoms with Crippen LogP contribution in [-0.2, 0) is 6.54 Å². The Bertz CT molecular complexity index is 1270. The monoisotopic (exact) mass is 429 g/mol. The Morgan fingerprint density at radius 2 is 1.88 bits per heavy atom. The number of hydrogen-bond acceptors (Lipinski definition) is 6. The molecule has 3 aromatic heterocycles. The largest absolute Gasteiger partial charge is 0.364 e. The second-order valence-corrected chi connectivity index (χ2v) is 8.77. The van der Waals surface area contributed by atoms with Gasteiger partial charge in [-0.2, -0.15) is 5.10 Å². The van der Waals surface area contributed by atoms with Crippen molar-refractivity contribution in [3.05, 3.63) is 66.4 Å². The molecule has 0 radical (unpaired) electrons. The molecule has 8 heteroatoms. The first-order chi connectivity index (χ1) is 15.7. The SMILES string of the molecule is CN1CC2CCN(c3cnc(-c4nn(Cc5ccccc5F)c5ncccc45)nc3)C2C1. The van der Waals surface area contributed by atoms with Gasteiger partial charge in [0.05, 0.1) is 30.0 Å². The first-order valence-corrected chi connectivity index (χ1v) is 11.0. The Morgan fingerprint density at radius 1 is 1.03 bits per heavy atom. The molecule has 4 aromatic rings. The van der Waals surface area contributed by atoms with Gasteiger partial charge in [-0.1, -0.05) is 18.2 Å². The third-order valence-electron chi connectivity index (χ3n) is 6.70. The van der Waals surface area contributed by atoms with Crippen LogP contribution in [0.4, 0.5) is 10.1 Å².